The van der Waals surface area contributed by atoms with Crippen molar-refractivity contribution in [3.63, 3.8) is 0 Å². The molecule has 2 aliphatic rings. The largest absolute Gasteiger partial charge is 0.497 e. The molecule has 4 rings (SSSR count). The minimum absolute atomic E-state index is 0. The number of benzene rings is 2. The first-order valence-corrected chi connectivity index (χ1v) is 16.0. The first-order chi connectivity index (χ1) is 20.8. The monoisotopic (exact) mass is 593 g/mol. The van der Waals surface area contributed by atoms with Crippen LogP contribution in [0.15, 0.2) is 42.5 Å². The Bertz CT molecular complexity index is 1250. The lowest BCUT2D eigenvalue weighted by molar-refractivity contribution is -0.133. The first-order valence-electron chi connectivity index (χ1n) is 16.0. The summed E-state index contributed by atoms with van der Waals surface area (Å²) in [5, 5.41) is 3.10. The standard InChI is InChI=1S/C35H49N3O5.H2/c1-5-31(39)34(25-12-8-7-9-13-25)36-35(41)27-15-10-14-26(20-27)28-16-11-19-38(23-28)33(40)24-37(3)22-29-17-18-30(42-4)21-32(29)43-6-2;/h10,14-15,17-18,20-21,25,28,34H,5-9,11-13,16,19,22-24H2,1-4H3,(H,36,41);1H/t28?,34-;/m1./s1. The summed E-state index contributed by atoms with van der Waals surface area (Å²) in [7, 11) is 3.58. The molecule has 1 aliphatic carbocycles. The van der Waals surface area contributed by atoms with Crippen LogP contribution < -0.4 is 14.8 Å². The van der Waals surface area contributed by atoms with Gasteiger partial charge in [0.2, 0.25) is 5.91 Å². The van der Waals surface area contributed by atoms with Crippen molar-refractivity contribution in [3.8, 4) is 11.5 Å². The van der Waals surface area contributed by atoms with Crippen LogP contribution in [-0.4, -0.2) is 73.8 Å². The van der Waals surface area contributed by atoms with E-state index in [1.54, 1.807) is 7.11 Å². The van der Waals surface area contributed by atoms with E-state index >= 15 is 0 Å². The molecular weight excluding hydrogens is 542 g/mol. The first kappa shape index (κ1) is 32.5. The van der Waals surface area contributed by atoms with Crippen LogP contribution >= 0.6 is 0 Å². The lowest BCUT2D eigenvalue weighted by atomic mass is 9.81. The highest BCUT2D eigenvalue weighted by atomic mass is 16.5. The van der Waals surface area contributed by atoms with Crippen LogP contribution in [0, 0.1) is 5.92 Å². The average molecular weight is 594 g/mol. The van der Waals surface area contributed by atoms with Gasteiger partial charge in [-0.1, -0.05) is 44.4 Å². The van der Waals surface area contributed by atoms with Gasteiger partial charge < -0.3 is 19.7 Å². The summed E-state index contributed by atoms with van der Waals surface area (Å²) < 4.78 is 11.2. The van der Waals surface area contributed by atoms with Gasteiger partial charge >= 0.3 is 0 Å². The quantitative estimate of drug-likeness (QED) is 0.314. The fourth-order valence-corrected chi connectivity index (χ4v) is 6.54. The van der Waals surface area contributed by atoms with Crippen LogP contribution in [0.4, 0.5) is 0 Å². The Morgan fingerprint density at radius 2 is 1.84 bits per heavy atom. The Hall–Kier alpha value is -3.39. The summed E-state index contributed by atoms with van der Waals surface area (Å²) in [5.74, 6) is 1.92. The molecule has 2 aromatic carbocycles. The van der Waals surface area contributed by atoms with E-state index in [9.17, 15) is 14.4 Å². The maximum atomic E-state index is 13.4. The molecule has 8 nitrogen and oxygen atoms in total. The van der Waals surface area contributed by atoms with Crippen molar-refractivity contribution in [2.45, 2.75) is 83.7 Å². The van der Waals surface area contributed by atoms with Crippen molar-refractivity contribution in [3.05, 3.63) is 59.2 Å². The summed E-state index contributed by atoms with van der Waals surface area (Å²) in [6.07, 6.45) is 7.73. The minimum Gasteiger partial charge on any atom is -0.497 e. The van der Waals surface area contributed by atoms with E-state index in [1.807, 2.05) is 67.1 Å². The number of likely N-dealkylation sites (tertiary alicyclic amines) is 1. The molecule has 1 heterocycles. The third-order valence-electron chi connectivity index (χ3n) is 8.92. The number of carbonyl (C=O) groups excluding carboxylic acids is 3. The Morgan fingerprint density at radius 3 is 2.56 bits per heavy atom. The summed E-state index contributed by atoms with van der Waals surface area (Å²) in [6, 6.07) is 13.1. The second-order valence-electron chi connectivity index (χ2n) is 12.1. The number of Topliss-reactive ketones (excluding diaryl/α,β-unsaturated/α-hetero) is 1. The summed E-state index contributed by atoms with van der Waals surface area (Å²) in [6.45, 7) is 6.63. The van der Waals surface area contributed by atoms with Gasteiger partial charge in [0.25, 0.3) is 5.91 Å². The molecule has 1 N–H and O–H groups in total. The van der Waals surface area contributed by atoms with Gasteiger partial charge in [0.15, 0.2) is 5.78 Å². The van der Waals surface area contributed by atoms with Crippen molar-refractivity contribution < 1.29 is 25.3 Å². The molecule has 2 fully saturated rings. The molecule has 1 saturated carbocycles. The van der Waals surface area contributed by atoms with Crippen LogP contribution in [0.1, 0.15) is 94.0 Å². The number of nitrogens with one attached hydrogen (secondary N) is 1. The fraction of sp³-hybridized carbons (Fsp3) is 0.571. The summed E-state index contributed by atoms with van der Waals surface area (Å²) >= 11 is 0. The van der Waals surface area contributed by atoms with E-state index in [1.165, 1.54) is 6.42 Å². The number of ketones is 1. The second-order valence-corrected chi connectivity index (χ2v) is 12.1. The zero-order chi connectivity index (χ0) is 30.8. The zero-order valence-electron chi connectivity index (χ0n) is 26.4. The number of rotatable bonds is 13. The molecule has 0 aromatic heterocycles. The molecule has 2 atom stereocenters. The van der Waals surface area contributed by atoms with E-state index in [4.69, 9.17) is 9.47 Å². The molecule has 1 unspecified atom stereocenters. The van der Waals surface area contributed by atoms with Crippen LogP contribution in [0.5, 0.6) is 11.5 Å². The number of hydrogen-bond acceptors (Lipinski definition) is 6. The van der Waals surface area contributed by atoms with E-state index in [0.717, 1.165) is 67.7 Å². The zero-order valence-corrected chi connectivity index (χ0v) is 26.4. The molecule has 0 radical (unpaired) electrons. The average Bonchev–Trinajstić information content (AvgIpc) is 3.04. The summed E-state index contributed by atoms with van der Waals surface area (Å²) in [4.78, 5) is 43.5. The lowest BCUT2D eigenvalue weighted by Crippen LogP contribution is -2.46. The number of ether oxygens (including phenoxy) is 2. The third-order valence-corrected chi connectivity index (χ3v) is 8.92. The van der Waals surface area contributed by atoms with E-state index in [0.29, 0.717) is 38.2 Å². The molecular formula is C35H51N3O5. The van der Waals surface area contributed by atoms with Gasteiger partial charge in [-0.2, -0.15) is 0 Å². The smallest absolute Gasteiger partial charge is 0.251 e. The number of amides is 2. The number of likely N-dealkylation sites (N-methyl/N-ethyl adjacent to an activating group) is 1. The highest BCUT2D eigenvalue weighted by molar-refractivity contribution is 5.98. The van der Waals surface area contributed by atoms with Crippen molar-refractivity contribution >= 4 is 17.6 Å². The molecule has 43 heavy (non-hydrogen) atoms. The van der Waals surface area contributed by atoms with Gasteiger partial charge in [0, 0.05) is 50.6 Å². The van der Waals surface area contributed by atoms with E-state index in [-0.39, 0.29) is 30.9 Å². The maximum Gasteiger partial charge on any atom is 0.251 e. The lowest BCUT2D eigenvalue weighted by Gasteiger charge is -2.34. The van der Waals surface area contributed by atoms with Crippen LogP contribution in [0.2, 0.25) is 0 Å². The molecule has 1 aliphatic heterocycles. The highest BCUT2D eigenvalue weighted by Gasteiger charge is 2.31. The van der Waals surface area contributed by atoms with Gasteiger partial charge in [-0.05, 0) is 69.3 Å². The molecule has 2 aromatic rings. The second kappa shape index (κ2) is 15.9. The molecule has 1 saturated heterocycles. The highest BCUT2D eigenvalue weighted by Crippen LogP contribution is 2.30. The fourth-order valence-electron chi connectivity index (χ4n) is 6.54. The molecule has 0 bridgehead atoms. The van der Waals surface area contributed by atoms with Gasteiger partial charge in [0.05, 0.1) is 26.3 Å². The molecule has 8 heteroatoms. The minimum atomic E-state index is -0.413. The number of carbonyl (C=O) groups is 3. The predicted octanol–water partition coefficient (Wildman–Crippen LogP) is 5.84. The van der Waals surface area contributed by atoms with Gasteiger partial charge in [0.1, 0.15) is 11.5 Å². The Morgan fingerprint density at radius 1 is 1.05 bits per heavy atom. The Balaban J connectivity index is 0.00000529. The van der Waals surface area contributed by atoms with Crippen molar-refractivity contribution in [2.24, 2.45) is 5.92 Å². The maximum absolute atomic E-state index is 13.4. The number of nitrogens with zero attached hydrogens (tertiary/aromatic N) is 2. The van der Waals surface area contributed by atoms with Crippen molar-refractivity contribution in [2.75, 3.05) is 40.4 Å². The Labute approximate surface area is 258 Å². The molecule has 0 spiro atoms. The van der Waals surface area contributed by atoms with E-state index in [2.05, 4.69) is 11.4 Å². The van der Waals surface area contributed by atoms with Crippen molar-refractivity contribution in [1.82, 2.24) is 15.1 Å². The Kier molecular flexibility index (Phi) is 12.0. The predicted molar refractivity (Wildman–Crippen MR) is 171 cm³/mol. The molecule has 236 valence electrons. The van der Waals surface area contributed by atoms with E-state index < -0.39 is 6.04 Å². The van der Waals surface area contributed by atoms with Gasteiger partial charge in [-0.25, -0.2) is 0 Å². The summed E-state index contributed by atoms with van der Waals surface area (Å²) in [5.41, 5.74) is 2.65. The molecule has 2 amide bonds. The SMILES string of the molecule is CCOc1cc(OC)ccc1CN(C)CC(=O)N1CCCC(c2cccc(C(=O)N[C@@H](C(=O)CC)C3CCCCC3)c2)C1.[HH]. The number of methoxy groups -OCH3 is 1. The van der Waals surface area contributed by atoms with Crippen molar-refractivity contribution in [1.29, 1.82) is 0 Å². The topological polar surface area (TPSA) is 88.2 Å². The normalized spacial score (nSPS) is 18.3. The third kappa shape index (κ3) is 8.82. The van der Waals surface area contributed by atoms with Crippen LogP contribution in [-0.2, 0) is 16.1 Å². The van der Waals surface area contributed by atoms with Gasteiger partial charge in [-0.3, -0.25) is 19.3 Å². The number of piperidine rings is 1. The van der Waals surface area contributed by atoms with Crippen LogP contribution in [0.3, 0.4) is 0 Å². The van der Waals surface area contributed by atoms with Crippen LogP contribution in [0.25, 0.3) is 0 Å². The number of hydrogen-bond donors (Lipinski definition) is 1. The van der Waals surface area contributed by atoms with Gasteiger partial charge in [-0.15, -0.1) is 0 Å².